The number of hydrogen-bond donors (Lipinski definition) is 0. The van der Waals surface area contributed by atoms with Crippen LogP contribution < -0.4 is 0 Å². The van der Waals surface area contributed by atoms with Crippen molar-refractivity contribution in [3.63, 3.8) is 0 Å². The topological polar surface area (TPSA) is 70.6 Å². The lowest BCUT2D eigenvalue weighted by Gasteiger charge is -2.34. The van der Waals surface area contributed by atoms with Crippen LogP contribution in [0.5, 0.6) is 0 Å². The van der Waals surface area contributed by atoms with Crippen LogP contribution in [0.15, 0.2) is 52.1 Å². The summed E-state index contributed by atoms with van der Waals surface area (Å²) < 4.78 is 65.1. The maximum absolute atomic E-state index is 12.7. The van der Waals surface area contributed by atoms with Crippen molar-refractivity contribution in [2.24, 2.45) is 0 Å². The molecule has 0 bridgehead atoms. The lowest BCUT2D eigenvalue weighted by atomic mass is 10.2. The predicted molar refractivity (Wildman–Crippen MR) is 98.0 cm³/mol. The maximum atomic E-state index is 12.7. The summed E-state index contributed by atoms with van der Waals surface area (Å²) in [6, 6.07) is 5.01. The van der Waals surface area contributed by atoms with Gasteiger partial charge in [-0.25, -0.2) is 8.42 Å². The average Bonchev–Trinajstić information content (AvgIpc) is 2.67. The van der Waals surface area contributed by atoms with Gasteiger partial charge in [0.05, 0.1) is 16.0 Å². The van der Waals surface area contributed by atoms with Gasteiger partial charge in [-0.3, -0.25) is 9.78 Å². The summed E-state index contributed by atoms with van der Waals surface area (Å²) in [5.74, 6) is -0.264. The highest BCUT2D eigenvalue weighted by molar-refractivity contribution is 9.10. The first-order chi connectivity index (χ1) is 13.1. The Balaban J connectivity index is 1.69. The molecule has 6 nitrogen and oxygen atoms in total. The molecule has 1 aliphatic rings. The van der Waals surface area contributed by atoms with Gasteiger partial charge >= 0.3 is 6.18 Å². The molecule has 1 aromatic carbocycles. The van der Waals surface area contributed by atoms with Crippen LogP contribution in [0, 0.1) is 0 Å². The Labute approximate surface area is 168 Å². The zero-order valence-electron chi connectivity index (χ0n) is 14.4. The zero-order valence-corrected chi connectivity index (χ0v) is 16.8. The molecule has 150 valence electrons. The van der Waals surface area contributed by atoms with Crippen LogP contribution in [0.25, 0.3) is 0 Å². The van der Waals surface area contributed by atoms with Crippen LogP contribution >= 0.6 is 15.9 Å². The van der Waals surface area contributed by atoms with E-state index in [1.807, 2.05) is 0 Å². The molecule has 0 atom stereocenters. The standard InChI is InChI=1S/C17H15BrF3N3O3S/c18-14-9-12(10-22-11-14)16(25)23-5-7-24(8-6-23)28(26,27)15-3-1-13(2-4-15)17(19,20)21/h1-4,9-11H,5-8H2. The quantitative estimate of drug-likeness (QED) is 0.681. The largest absolute Gasteiger partial charge is 0.416 e. The maximum Gasteiger partial charge on any atom is 0.416 e. The van der Waals surface area contributed by atoms with E-state index in [1.54, 1.807) is 12.3 Å². The monoisotopic (exact) mass is 477 g/mol. The molecule has 2 heterocycles. The number of rotatable bonds is 3. The van der Waals surface area contributed by atoms with E-state index in [2.05, 4.69) is 20.9 Å². The van der Waals surface area contributed by atoms with Gasteiger partial charge in [-0.1, -0.05) is 0 Å². The summed E-state index contributed by atoms with van der Waals surface area (Å²) in [4.78, 5) is 17.7. The molecule has 0 N–H and O–H groups in total. The van der Waals surface area contributed by atoms with Crippen LogP contribution in [0.3, 0.4) is 0 Å². The number of halogens is 4. The van der Waals surface area contributed by atoms with Crippen molar-refractivity contribution in [3.8, 4) is 0 Å². The number of carbonyl (C=O) groups is 1. The Kier molecular flexibility index (Phi) is 5.78. The molecule has 3 rings (SSSR count). The first-order valence-corrected chi connectivity index (χ1v) is 10.4. The van der Waals surface area contributed by atoms with E-state index in [1.165, 1.54) is 15.4 Å². The SMILES string of the molecule is O=C(c1cncc(Br)c1)N1CCN(S(=O)(=O)c2ccc(C(F)(F)F)cc2)CC1. The Hall–Kier alpha value is -1.98. The first-order valence-electron chi connectivity index (χ1n) is 8.16. The summed E-state index contributed by atoms with van der Waals surface area (Å²) in [5, 5.41) is 0. The van der Waals surface area contributed by atoms with Gasteiger partial charge in [0.1, 0.15) is 0 Å². The second-order valence-electron chi connectivity index (χ2n) is 6.11. The van der Waals surface area contributed by atoms with Crippen molar-refractivity contribution in [3.05, 3.63) is 58.3 Å². The highest BCUT2D eigenvalue weighted by Crippen LogP contribution is 2.30. The third-order valence-electron chi connectivity index (χ3n) is 4.30. The molecule has 1 fully saturated rings. The minimum atomic E-state index is -4.53. The number of piperazine rings is 1. The minimum Gasteiger partial charge on any atom is -0.336 e. The second kappa shape index (κ2) is 7.80. The number of amides is 1. The van der Waals surface area contributed by atoms with Gasteiger partial charge in [-0.15, -0.1) is 0 Å². The molecule has 0 saturated carbocycles. The molecular weight excluding hydrogens is 463 g/mol. The highest BCUT2D eigenvalue weighted by Gasteiger charge is 2.33. The normalized spacial score (nSPS) is 16.2. The van der Waals surface area contributed by atoms with Crippen LogP contribution in [-0.2, 0) is 16.2 Å². The molecule has 28 heavy (non-hydrogen) atoms. The number of pyridine rings is 1. The number of nitrogens with zero attached hydrogens (tertiary/aromatic N) is 3. The number of alkyl halides is 3. The predicted octanol–water partition coefficient (Wildman–Crippen LogP) is 3.01. The lowest BCUT2D eigenvalue weighted by molar-refractivity contribution is -0.137. The van der Waals surface area contributed by atoms with Gasteiger partial charge in [0, 0.05) is 43.0 Å². The van der Waals surface area contributed by atoms with Gasteiger partial charge in [0.15, 0.2) is 0 Å². The molecule has 1 aliphatic heterocycles. The fraction of sp³-hybridized carbons (Fsp3) is 0.294. The van der Waals surface area contributed by atoms with Crippen LogP contribution in [-0.4, -0.2) is 54.7 Å². The third kappa shape index (κ3) is 4.36. The molecule has 0 unspecified atom stereocenters. The van der Waals surface area contributed by atoms with E-state index in [9.17, 15) is 26.4 Å². The van der Waals surface area contributed by atoms with Crippen molar-refractivity contribution in [2.45, 2.75) is 11.1 Å². The summed E-state index contributed by atoms with van der Waals surface area (Å²) in [7, 11) is -3.94. The van der Waals surface area contributed by atoms with Crippen molar-refractivity contribution in [2.75, 3.05) is 26.2 Å². The minimum absolute atomic E-state index is 0.0521. The van der Waals surface area contributed by atoms with E-state index in [-0.39, 0.29) is 37.0 Å². The average molecular weight is 478 g/mol. The molecule has 2 aromatic rings. The second-order valence-corrected chi connectivity index (χ2v) is 8.96. The molecular formula is C17H15BrF3N3O3S. The first kappa shape index (κ1) is 20.7. The van der Waals surface area contributed by atoms with Gasteiger partial charge in [0.25, 0.3) is 5.91 Å². The number of hydrogen-bond acceptors (Lipinski definition) is 4. The van der Waals surface area contributed by atoms with Crippen LogP contribution in [0.1, 0.15) is 15.9 Å². The number of sulfonamides is 1. The molecule has 1 amide bonds. The highest BCUT2D eigenvalue weighted by atomic mass is 79.9. The Morgan fingerprint density at radius 3 is 2.18 bits per heavy atom. The number of aromatic nitrogens is 1. The lowest BCUT2D eigenvalue weighted by Crippen LogP contribution is -2.50. The Morgan fingerprint density at radius 1 is 1.04 bits per heavy atom. The van der Waals surface area contributed by atoms with E-state index < -0.39 is 21.8 Å². The van der Waals surface area contributed by atoms with Crippen molar-refractivity contribution < 1.29 is 26.4 Å². The van der Waals surface area contributed by atoms with Gasteiger partial charge < -0.3 is 4.90 Å². The zero-order chi connectivity index (χ0) is 20.5. The summed E-state index contributed by atoms with van der Waals surface area (Å²) in [6.07, 6.45) is -1.56. The fourth-order valence-electron chi connectivity index (χ4n) is 2.81. The van der Waals surface area contributed by atoms with Gasteiger partial charge in [0.2, 0.25) is 10.0 Å². The van der Waals surface area contributed by atoms with E-state index in [4.69, 9.17) is 0 Å². The van der Waals surface area contributed by atoms with Gasteiger partial charge in [-0.05, 0) is 46.3 Å². The van der Waals surface area contributed by atoms with E-state index in [0.717, 1.165) is 24.3 Å². The Bertz CT molecular complexity index is 973. The number of carbonyl (C=O) groups excluding carboxylic acids is 1. The smallest absolute Gasteiger partial charge is 0.336 e. The molecule has 0 spiro atoms. The fourth-order valence-corrected chi connectivity index (χ4v) is 4.59. The van der Waals surface area contributed by atoms with Crippen molar-refractivity contribution >= 4 is 31.9 Å². The third-order valence-corrected chi connectivity index (χ3v) is 6.64. The summed E-state index contributed by atoms with van der Waals surface area (Å²) in [5.41, 5.74) is -0.530. The van der Waals surface area contributed by atoms with E-state index in [0.29, 0.717) is 10.0 Å². The van der Waals surface area contributed by atoms with Gasteiger partial charge in [-0.2, -0.15) is 17.5 Å². The van der Waals surface area contributed by atoms with Crippen LogP contribution in [0.2, 0.25) is 0 Å². The van der Waals surface area contributed by atoms with Crippen LogP contribution in [0.4, 0.5) is 13.2 Å². The van der Waals surface area contributed by atoms with Crippen molar-refractivity contribution in [1.82, 2.24) is 14.2 Å². The molecule has 1 saturated heterocycles. The summed E-state index contributed by atoms with van der Waals surface area (Å²) in [6.45, 7) is 0.448. The Morgan fingerprint density at radius 2 is 1.64 bits per heavy atom. The van der Waals surface area contributed by atoms with E-state index >= 15 is 0 Å². The van der Waals surface area contributed by atoms with Crippen molar-refractivity contribution in [1.29, 1.82) is 0 Å². The molecule has 0 aliphatic carbocycles. The molecule has 0 radical (unpaired) electrons. The summed E-state index contributed by atoms with van der Waals surface area (Å²) >= 11 is 3.24. The molecule has 11 heteroatoms. The molecule has 1 aromatic heterocycles. The number of benzene rings is 1.